The first kappa shape index (κ1) is 10.6. The van der Waals surface area contributed by atoms with Gasteiger partial charge in [0.25, 0.3) is 0 Å². The summed E-state index contributed by atoms with van der Waals surface area (Å²) in [5, 5.41) is 13.0. The minimum Gasteiger partial charge on any atom is -0.477 e. The molecule has 0 bridgehead atoms. The van der Waals surface area contributed by atoms with Gasteiger partial charge in [-0.2, -0.15) is 5.10 Å². The van der Waals surface area contributed by atoms with Crippen LogP contribution in [0.1, 0.15) is 10.5 Å². The largest absolute Gasteiger partial charge is 0.477 e. The predicted octanol–water partition coefficient (Wildman–Crippen LogP) is 1.23. The summed E-state index contributed by atoms with van der Waals surface area (Å²) < 4.78 is 1.57. The van der Waals surface area contributed by atoms with Gasteiger partial charge in [-0.1, -0.05) is 11.6 Å². The Morgan fingerprint density at radius 3 is 2.81 bits per heavy atom. The lowest BCUT2D eigenvalue weighted by Gasteiger charge is -1.99. The predicted molar refractivity (Wildman–Crippen MR) is 56.2 cm³/mol. The molecule has 0 aromatic carbocycles. The zero-order valence-corrected chi connectivity index (χ0v) is 9.01. The smallest absolute Gasteiger partial charge is 0.354 e. The lowest BCUT2D eigenvalue weighted by molar-refractivity contribution is 0.0690. The number of halogens is 1. The number of hydrogen-bond acceptors (Lipinski definition) is 4. The third-order valence-corrected chi connectivity index (χ3v) is 2.05. The Labute approximate surface area is 95.5 Å². The molecule has 2 aromatic heterocycles. The Hall–Kier alpha value is -1.95. The molecule has 2 heterocycles. The van der Waals surface area contributed by atoms with E-state index in [1.54, 1.807) is 24.0 Å². The minimum atomic E-state index is -1.15. The second kappa shape index (κ2) is 3.90. The second-order valence-electron chi connectivity index (χ2n) is 3.08. The SMILES string of the molecule is Cn1ccc(-c2nc(Cl)cc(C(=O)O)n2)n1. The van der Waals surface area contributed by atoms with Crippen molar-refractivity contribution in [1.29, 1.82) is 0 Å². The highest BCUT2D eigenvalue weighted by atomic mass is 35.5. The van der Waals surface area contributed by atoms with Gasteiger partial charge in [-0.25, -0.2) is 14.8 Å². The molecule has 0 aliphatic rings. The van der Waals surface area contributed by atoms with Crippen LogP contribution in [0.25, 0.3) is 11.5 Å². The van der Waals surface area contributed by atoms with Crippen molar-refractivity contribution in [2.24, 2.45) is 7.05 Å². The normalized spacial score (nSPS) is 10.4. The van der Waals surface area contributed by atoms with Crippen LogP contribution in [0, 0.1) is 0 Å². The van der Waals surface area contributed by atoms with Crippen molar-refractivity contribution >= 4 is 17.6 Å². The zero-order valence-electron chi connectivity index (χ0n) is 8.25. The van der Waals surface area contributed by atoms with E-state index in [9.17, 15) is 4.79 Å². The lowest BCUT2D eigenvalue weighted by atomic mass is 10.3. The molecule has 1 N–H and O–H groups in total. The third kappa shape index (κ3) is 2.01. The van der Waals surface area contributed by atoms with Crippen LogP contribution in [0.3, 0.4) is 0 Å². The van der Waals surface area contributed by atoms with Gasteiger partial charge in [0.1, 0.15) is 10.8 Å². The van der Waals surface area contributed by atoms with Gasteiger partial charge in [0.15, 0.2) is 11.5 Å². The van der Waals surface area contributed by atoms with Crippen LogP contribution in [0.15, 0.2) is 18.3 Å². The van der Waals surface area contributed by atoms with E-state index < -0.39 is 5.97 Å². The maximum absolute atomic E-state index is 10.8. The van der Waals surface area contributed by atoms with Crippen molar-refractivity contribution in [2.75, 3.05) is 0 Å². The van der Waals surface area contributed by atoms with E-state index in [0.29, 0.717) is 5.69 Å². The molecule has 0 radical (unpaired) electrons. The van der Waals surface area contributed by atoms with Crippen LogP contribution in [-0.2, 0) is 7.05 Å². The van der Waals surface area contributed by atoms with Gasteiger partial charge in [0, 0.05) is 19.3 Å². The first-order valence-electron chi connectivity index (χ1n) is 4.34. The molecule has 0 amide bonds. The topological polar surface area (TPSA) is 80.9 Å². The van der Waals surface area contributed by atoms with Crippen LogP contribution in [0.5, 0.6) is 0 Å². The summed E-state index contributed by atoms with van der Waals surface area (Å²) in [7, 11) is 1.74. The number of aryl methyl sites for hydroxylation is 1. The molecule has 2 rings (SSSR count). The highest BCUT2D eigenvalue weighted by Gasteiger charge is 2.12. The Bertz CT molecular complexity index is 552. The molecule has 0 aliphatic heterocycles. The fraction of sp³-hybridized carbons (Fsp3) is 0.111. The van der Waals surface area contributed by atoms with Gasteiger partial charge in [-0.3, -0.25) is 4.68 Å². The summed E-state index contributed by atoms with van der Waals surface area (Å²) in [5.41, 5.74) is 0.327. The summed E-state index contributed by atoms with van der Waals surface area (Å²) in [6.45, 7) is 0. The molecule has 7 heteroatoms. The average Bonchev–Trinajstić information content (AvgIpc) is 2.64. The van der Waals surface area contributed by atoms with Crippen LogP contribution < -0.4 is 0 Å². The quantitative estimate of drug-likeness (QED) is 0.796. The number of carbonyl (C=O) groups is 1. The molecule has 0 fully saturated rings. The van der Waals surface area contributed by atoms with Crippen LogP contribution in [-0.4, -0.2) is 30.8 Å². The van der Waals surface area contributed by atoms with E-state index in [1.807, 2.05) is 0 Å². The molecule has 0 spiro atoms. The molecule has 0 unspecified atom stereocenters. The van der Waals surface area contributed by atoms with Gasteiger partial charge >= 0.3 is 5.97 Å². The minimum absolute atomic E-state index is 0.0769. The van der Waals surface area contributed by atoms with Gasteiger partial charge in [-0.15, -0.1) is 0 Å². The summed E-state index contributed by atoms with van der Waals surface area (Å²) in [6, 6.07) is 2.87. The van der Waals surface area contributed by atoms with E-state index >= 15 is 0 Å². The maximum atomic E-state index is 10.8. The fourth-order valence-corrected chi connectivity index (χ4v) is 1.36. The summed E-state index contributed by atoms with van der Waals surface area (Å²) >= 11 is 5.70. The Morgan fingerprint density at radius 2 is 2.25 bits per heavy atom. The number of rotatable bonds is 2. The van der Waals surface area contributed by atoms with E-state index in [4.69, 9.17) is 16.7 Å². The molecular formula is C9H7ClN4O2. The van der Waals surface area contributed by atoms with E-state index in [1.165, 1.54) is 6.07 Å². The maximum Gasteiger partial charge on any atom is 0.354 e. The number of aromatic nitrogens is 4. The van der Waals surface area contributed by atoms with Gasteiger partial charge < -0.3 is 5.11 Å². The Morgan fingerprint density at radius 1 is 1.50 bits per heavy atom. The summed E-state index contributed by atoms with van der Waals surface area (Å²) in [4.78, 5) is 18.5. The van der Waals surface area contributed by atoms with Crippen LogP contribution in [0.4, 0.5) is 0 Å². The molecule has 0 saturated carbocycles. The van der Waals surface area contributed by atoms with Crippen molar-refractivity contribution in [3.05, 3.63) is 29.2 Å². The van der Waals surface area contributed by atoms with Gasteiger partial charge in [0.2, 0.25) is 0 Å². The van der Waals surface area contributed by atoms with Crippen molar-refractivity contribution in [2.45, 2.75) is 0 Å². The number of aromatic carboxylic acids is 1. The molecule has 0 aliphatic carbocycles. The Kier molecular flexibility index (Phi) is 2.57. The Balaban J connectivity index is 2.53. The van der Waals surface area contributed by atoms with Gasteiger partial charge in [0.05, 0.1) is 0 Å². The standard InChI is InChI=1S/C9H7ClN4O2/c1-14-3-2-5(13-14)8-11-6(9(15)16)4-7(10)12-8/h2-4H,1H3,(H,15,16). The second-order valence-corrected chi connectivity index (χ2v) is 3.47. The van der Waals surface area contributed by atoms with Crippen molar-refractivity contribution in [3.63, 3.8) is 0 Å². The first-order valence-corrected chi connectivity index (χ1v) is 4.72. The van der Waals surface area contributed by atoms with Gasteiger partial charge in [-0.05, 0) is 6.07 Å². The van der Waals surface area contributed by atoms with Crippen molar-refractivity contribution in [1.82, 2.24) is 19.7 Å². The van der Waals surface area contributed by atoms with Crippen LogP contribution in [0.2, 0.25) is 5.15 Å². The number of carboxylic acid groups (broad SMARTS) is 1. The number of hydrogen-bond donors (Lipinski definition) is 1. The molecule has 2 aromatic rings. The van der Waals surface area contributed by atoms with Crippen molar-refractivity contribution in [3.8, 4) is 11.5 Å². The monoisotopic (exact) mass is 238 g/mol. The highest BCUT2D eigenvalue weighted by Crippen LogP contribution is 2.15. The molecular weight excluding hydrogens is 232 g/mol. The summed E-state index contributed by atoms with van der Waals surface area (Å²) in [6.07, 6.45) is 1.71. The average molecular weight is 239 g/mol. The zero-order chi connectivity index (χ0) is 11.7. The molecule has 0 saturated heterocycles. The molecule has 0 atom stereocenters. The van der Waals surface area contributed by atoms with E-state index in [-0.39, 0.29) is 16.7 Å². The highest BCUT2D eigenvalue weighted by molar-refractivity contribution is 6.29. The van der Waals surface area contributed by atoms with Crippen LogP contribution >= 0.6 is 11.6 Å². The number of carboxylic acids is 1. The molecule has 16 heavy (non-hydrogen) atoms. The number of nitrogens with zero attached hydrogens (tertiary/aromatic N) is 4. The fourth-order valence-electron chi connectivity index (χ4n) is 1.18. The first-order chi connectivity index (χ1) is 7.56. The molecule has 82 valence electrons. The van der Waals surface area contributed by atoms with E-state index in [2.05, 4.69) is 15.1 Å². The van der Waals surface area contributed by atoms with E-state index in [0.717, 1.165) is 0 Å². The van der Waals surface area contributed by atoms with Crippen molar-refractivity contribution < 1.29 is 9.90 Å². The molecule has 6 nitrogen and oxygen atoms in total. The third-order valence-electron chi connectivity index (χ3n) is 1.86. The lowest BCUT2D eigenvalue weighted by Crippen LogP contribution is -2.03. The summed E-state index contributed by atoms with van der Waals surface area (Å²) in [5.74, 6) is -0.952.